The Morgan fingerprint density at radius 3 is 3.12 bits per heavy atom. The molecule has 1 amide bonds. The normalized spacial score (nSPS) is 18.1. The molecule has 1 saturated heterocycles. The summed E-state index contributed by atoms with van der Waals surface area (Å²) in [7, 11) is 0. The number of nitrogens with one attached hydrogen (secondary N) is 2. The zero-order chi connectivity index (χ0) is 17.6. The van der Waals surface area contributed by atoms with Gasteiger partial charge in [-0.3, -0.25) is 14.7 Å². The summed E-state index contributed by atoms with van der Waals surface area (Å²) < 4.78 is 0. The summed E-state index contributed by atoms with van der Waals surface area (Å²) in [6.45, 7) is 7.53. The van der Waals surface area contributed by atoms with Gasteiger partial charge in [-0.15, -0.1) is 0 Å². The van der Waals surface area contributed by atoms with Crippen LogP contribution in [0.4, 0.5) is 5.13 Å². The van der Waals surface area contributed by atoms with Gasteiger partial charge in [0.05, 0.1) is 5.69 Å². The second-order valence-electron chi connectivity index (χ2n) is 6.37. The molecule has 0 aliphatic carbocycles. The molecule has 2 aromatic rings. The molecule has 1 aliphatic heterocycles. The Morgan fingerprint density at radius 2 is 2.36 bits per heavy atom. The first-order valence-electron chi connectivity index (χ1n) is 8.79. The molecule has 134 valence electrons. The largest absolute Gasteiger partial charge is 0.362 e. The Hall–Kier alpha value is -1.99. The van der Waals surface area contributed by atoms with Crippen molar-refractivity contribution in [2.45, 2.75) is 39.3 Å². The summed E-state index contributed by atoms with van der Waals surface area (Å²) in [5.74, 6) is -0.00705. The van der Waals surface area contributed by atoms with Gasteiger partial charge in [-0.2, -0.15) is 0 Å². The van der Waals surface area contributed by atoms with Crippen molar-refractivity contribution in [2.24, 2.45) is 0 Å². The molecule has 6 nitrogen and oxygen atoms in total. The van der Waals surface area contributed by atoms with Crippen molar-refractivity contribution in [3.8, 4) is 0 Å². The molecule has 0 bridgehead atoms. The SMILES string of the molecule is CCNc1nc(C)c(C(=O)NC2CCCN(Cc3cccnc3)C2)s1. The van der Waals surface area contributed by atoms with Gasteiger partial charge in [0.25, 0.3) is 5.91 Å². The van der Waals surface area contributed by atoms with Crippen LogP contribution in [-0.2, 0) is 6.54 Å². The standard InChI is InChI=1S/C18H25N5OS/c1-3-20-18-21-13(2)16(25-18)17(24)22-15-7-5-9-23(12-15)11-14-6-4-8-19-10-14/h4,6,8,10,15H,3,5,7,9,11-12H2,1-2H3,(H,20,21)(H,22,24). The minimum Gasteiger partial charge on any atom is -0.362 e. The van der Waals surface area contributed by atoms with E-state index in [0.717, 1.165) is 49.8 Å². The Balaban J connectivity index is 1.57. The Kier molecular flexibility index (Phi) is 5.99. The van der Waals surface area contributed by atoms with E-state index in [0.29, 0.717) is 4.88 Å². The van der Waals surface area contributed by atoms with Crippen LogP contribution in [-0.4, -0.2) is 46.5 Å². The van der Waals surface area contributed by atoms with Crippen molar-refractivity contribution >= 4 is 22.4 Å². The summed E-state index contributed by atoms with van der Waals surface area (Å²) in [5, 5.41) is 7.18. The van der Waals surface area contributed by atoms with Crippen LogP contribution >= 0.6 is 11.3 Å². The number of hydrogen-bond acceptors (Lipinski definition) is 6. The molecule has 1 atom stereocenters. The number of aryl methyl sites for hydroxylation is 1. The average molecular weight is 359 g/mol. The molecule has 3 rings (SSSR count). The summed E-state index contributed by atoms with van der Waals surface area (Å²) in [4.78, 5) is 24.3. The topological polar surface area (TPSA) is 70.2 Å². The summed E-state index contributed by atoms with van der Waals surface area (Å²) in [6, 6.07) is 4.24. The lowest BCUT2D eigenvalue weighted by Gasteiger charge is -2.33. The van der Waals surface area contributed by atoms with Crippen LogP contribution in [0.3, 0.4) is 0 Å². The first kappa shape index (κ1) is 17.8. The maximum atomic E-state index is 12.6. The van der Waals surface area contributed by atoms with Crippen LogP contribution in [0.2, 0.25) is 0 Å². The second kappa shape index (κ2) is 8.40. The first-order valence-corrected chi connectivity index (χ1v) is 9.60. The molecule has 7 heteroatoms. The zero-order valence-electron chi connectivity index (χ0n) is 14.8. The van der Waals surface area contributed by atoms with Gasteiger partial charge in [0.2, 0.25) is 0 Å². The van der Waals surface area contributed by atoms with Crippen molar-refractivity contribution in [1.82, 2.24) is 20.2 Å². The molecule has 1 fully saturated rings. The van der Waals surface area contributed by atoms with Gasteiger partial charge in [-0.05, 0) is 44.9 Å². The lowest BCUT2D eigenvalue weighted by Crippen LogP contribution is -2.47. The average Bonchev–Trinajstić information content (AvgIpc) is 2.97. The Morgan fingerprint density at radius 1 is 1.48 bits per heavy atom. The summed E-state index contributed by atoms with van der Waals surface area (Å²) in [6.07, 6.45) is 5.82. The van der Waals surface area contributed by atoms with Gasteiger partial charge in [0.15, 0.2) is 5.13 Å². The van der Waals surface area contributed by atoms with Crippen molar-refractivity contribution in [3.63, 3.8) is 0 Å². The fraction of sp³-hybridized carbons (Fsp3) is 0.500. The molecule has 2 aromatic heterocycles. The Bertz CT molecular complexity index is 703. The predicted octanol–water partition coefficient (Wildman–Crippen LogP) is 2.67. The van der Waals surface area contributed by atoms with E-state index in [2.05, 4.69) is 31.6 Å². The van der Waals surface area contributed by atoms with E-state index in [1.807, 2.05) is 26.1 Å². The number of carbonyl (C=O) groups excluding carboxylic acids is 1. The molecule has 0 radical (unpaired) electrons. The summed E-state index contributed by atoms with van der Waals surface area (Å²) in [5.41, 5.74) is 2.00. The van der Waals surface area contributed by atoms with Gasteiger partial charge in [-0.25, -0.2) is 4.98 Å². The van der Waals surface area contributed by atoms with Crippen molar-refractivity contribution in [3.05, 3.63) is 40.7 Å². The third kappa shape index (κ3) is 4.76. The maximum absolute atomic E-state index is 12.6. The smallest absolute Gasteiger partial charge is 0.263 e. The molecule has 2 N–H and O–H groups in total. The molecular weight excluding hydrogens is 334 g/mol. The third-order valence-corrected chi connectivity index (χ3v) is 5.41. The monoisotopic (exact) mass is 359 g/mol. The third-order valence-electron chi connectivity index (χ3n) is 4.30. The molecule has 0 spiro atoms. The first-order chi connectivity index (χ1) is 12.2. The fourth-order valence-electron chi connectivity index (χ4n) is 3.15. The zero-order valence-corrected chi connectivity index (χ0v) is 15.6. The number of amides is 1. The number of anilines is 1. The number of hydrogen-bond donors (Lipinski definition) is 2. The molecule has 1 aliphatic rings. The highest BCUT2D eigenvalue weighted by Gasteiger charge is 2.24. The van der Waals surface area contributed by atoms with Crippen molar-refractivity contribution in [2.75, 3.05) is 25.0 Å². The number of thiazole rings is 1. The number of likely N-dealkylation sites (tertiary alicyclic amines) is 1. The van der Waals surface area contributed by atoms with Crippen LogP contribution in [0.1, 0.15) is 40.7 Å². The van der Waals surface area contributed by atoms with Gasteiger partial charge >= 0.3 is 0 Å². The van der Waals surface area contributed by atoms with E-state index in [-0.39, 0.29) is 11.9 Å². The molecule has 0 saturated carbocycles. The van der Waals surface area contributed by atoms with Crippen molar-refractivity contribution in [1.29, 1.82) is 0 Å². The Labute approximate surface area is 152 Å². The lowest BCUT2D eigenvalue weighted by molar-refractivity contribution is 0.0904. The van der Waals surface area contributed by atoms with Crippen LogP contribution in [0, 0.1) is 6.92 Å². The fourth-order valence-corrected chi connectivity index (χ4v) is 4.09. The lowest BCUT2D eigenvalue weighted by atomic mass is 10.0. The van der Waals surface area contributed by atoms with Crippen LogP contribution in [0.5, 0.6) is 0 Å². The molecular formula is C18H25N5OS. The van der Waals surface area contributed by atoms with Crippen LogP contribution in [0.25, 0.3) is 0 Å². The van der Waals surface area contributed by atoms with Gasteiger partial charge in [0.1, 0.15) is 4.88 Å². The van der Waals surface area contributed by atoms with E-state index in [1.54, 1.807) is 6.20 Å². The number of nitrogens with zero attached hydrogens (tertiary/aromatic N) is 3. The minimum atomic E-state index is -0.00705. The van der Waals surface area contributed by atoms with E-state index in [4.69, 9.17) is 0 Å². The predicted molar refractivity (Wildman–Crippen MR) is 101 cm³/mol. The van der Waals surface area contributed by atoms with E-state index < -0.39 is 0 Å². The van der Waals surface area contributed by atoms with Gasteiger partial charge < -0.3 is 10.6 Å². The highest BCUT2D eigenvalue weighted by molar-refractivity contribution is 7.17. The number of rotatable bonds is 6. The molecule has 1 unspecified atom stereocenters. The van der Waals surface area contributed by atoms with Gasteiger partial charge in [-0.1, -0.05) is 17.4 Å². The van der Waals surface area contributed by atoms with Crippen molar-refractivity contribution < 1.29 is 4.79 Å². The minimum absolute atomic E-state index is 0.00705. The molecule has 0 aromatic carbocycles. The number of carbonyl (C=O) groups is 1. The molecule has 25 heavy (non-hydrogen) atoms. The maximum Gasteiger partial charge on any atom is 0.263 e. The summed E-state index contributed by atoms with van der Waals surface area (Å²) >= 11 is 1.43. The molecule has 3 heterocycles. The number of aromatic nitrogens is 2. The van der Waals surface area contributed by atoms with Crippen LogP contribution < -0.4 is 10.6 Å². The highest BCUT2D eigenvalue weighted by Crippen LogP contribution is 2.23. The number of piperidine rings is 1. The van der Waals surface area contributed by atoms with Gasteiger partial charge in [0, 0.05) is 38.1 Å². The van der Waals surface area contributed by atoms with E-state index >= 15 is 0 Å². The number of pyridine rings is 1. The van der Waals surface area contributed by atoms with E-state index in [1.165, 1.54) is 16.9 Å². The highest BCUT2D eigenvalue weighted by atomic mass is 32.1. The second-order valence-corrected chi connectivity index (χ2v) is 7.37. The van der Waals surface area contributed by atoms with E-state index in [9.17, 15) is 4.79 Å². The quantitative estimate of drug-likeness (QED) is 0.830. The van der Waals surface area contributed by atoms with Crippen LogP contribution in [0.15, 0.2) is 24.5 Å².